The van der Waals surface area contributed by atoms with Crippen molar-refractivity contribution >= 4 is 87.8 Å². The molecule has 0 radical (unpaired) electrons. The molecule has 2 N–H and O–H groups in total. The predicted octanol–water partition coefficient (Wildman–Crippen LogP) is 8.38. The Morgan fingerprint density at radius 2 is 0.918 bits per heavy atom. The van der Waals surface area contributed by atoms with Gasteiger partial charge in [0.2, 0.25) is 0 Å². The highest BCUT2D eigenvalue weighted by atomic mass is 79.9. The van der Waals surface area contributed by atoms with Gasteiger partial charge >= 0.3 is 21.1 Å². The fourth-order valence-electron chi connectivity index (χ4n) is 5.16. The molecular formula is C33H48B3BrCl2N4O6. The molecule has 16 heteroatoms. The van der Waals surface area contributed by atoms with Crippen molar-refractivity contribution in [2.24, 2.45) is 0 Å². The van der Waals surface area contributed by atoms with E-state index in [-0.39, 0.29) is 41.0 Å². The third kappa shape index (κ3) is 7.93. The molecule has 0 aromatic carbocycles. The molecule has 0 bridgehead atoms. The van der Waals surface area contributed by atoms with Crippen LogP contribution in [0.2, 0.25) is 10.3 Å². The smallest absolute Gasteiger partial charge is 0.405 e. The van der Waals surface area contributed by atoms with Crippen LogP contribution in [0.25, 0.3) is 22.1 Å². The summed E-state index contributed by atoms with van der Waals surface area (Å²) in [5.41, 5.74) is 0.299. The van der Waals surface area contributed by atoms with Crippen LogP contribution in [-0.2, 0) is 27.9 Å². The molecule has 0 amide bonds. The van der Waals surface area contributed by atoms with Gasteiger partial charge in [-0.05, 0) is 129 Å². The van der Waals surface area contributed by atoms with Crippen molar-refractivity contribution in [2.45, 2.75) is 124 Å². The lowest BCUT2D eigenvalue weighted by molar-refractivity contribution is 0.00578. The zero-order valence-corrected chi connectivity index (χ0v) is 32.8. The first-order valence-electron chi connectivity index (χ1n) is 15.9. The van der Waals surface area contributed by atoms with Gasteiger partial charge in [0.05, 0.1) is 33.6 Å². The van der Waals surface area contributed by atoms with E-state index >= 15 is 0 Å². The van der Waals surface area contributed by atoms with Gasteiger partial charge in [0, 0.05) is 27.6 Å². The molecule has 7 rings (SSSR count). The molecular weight excluding hydrogens is 732 g/mol. The van der Waals surface area contributed by atoms with Gasteiger partial charge in [0.1, 0.15) is 21.6 Å². The highest BCUT2D eigenvalue weighted by Gasteiger charge is 2.63. The van der Waals surface area contributed by atoms with Gasteiger partial charge in [-0.15, -0.1) is 0 Å². The highest BCUT2D eigenvalue weighted by Crippen LogP contribution is 2.43. The average molecular weight is 780 g/mol. The Labute approximate surface area is 309 Å². The summed E-state index contributed by atoms with van der Waals surface area (Å²) >= 11 is 15.2. The summed E-state index contributed by atoms with van der Waals surface area (Å²) in [5.74, 6) is 0. The van der Waals surface area contributed by atoms with Crippen LogP contribution < -0.4 is 5.46 Å². The molecule has 3 saturated heterocycles. The minimum absolute atomic E-state index is 0. The third-order valence-electron chi connectivity index (χ3n) is 10.2. The lowest BCUT2D eigenvalue weighted by Crippen LogP contribution is -2.41. The zero-order valence-electron chi connectivity index (χ0n) is 29.7. The lowest BCUT2D eigenvalue weighted by Gasteiger charge is -2.32. The van der Waals surface area contributed by atoms with E-state index in [1.807, 2.05) is 108 Å². The summed E-state index contributed by atoms with van der Waals surface area (Å²) in [5, 5.41) is 2.95. The van der Waals surface area contributed by atoms with Crippen LogP contribution in [0.1, 0.15) is 90.5 Å². The number of aromatic nitrogens is 4. The van der Waals surface area contributed by atoms with Crippen molar-refractivity contribution in [1.29, 1.82) is 0 Å². The molecule has 3 aliphatic rings. The van der Waals surface area contributed by atoms with Crippen LogP contribution in [0.4, 0.5) is 0 Å². The number of pyridine rings is 2. The van der Waals surface area contributed by atoms with Crippen LogP contribution in [-0.4, -0.2) is 74.7 Å². The van der Waals surface area contributed by atoms with Crippen molar-refractivity contribution in [3.63, 3.8) is 0 Å². The number of fused-ring (bicyclic) bond motifs is 2. The molecule has 0 unspecified atom stereocenters. The molecule has 266 valence electrons. The van der Waals surface area contributed by atoms with Crippen molar-refractivity contribution in [3.05, 3.63) is 51.4 Å². The molecule has 0 spiro atoms. The van der Waals surface area contributed by atoms with E-state index in [9.17, 15) is 0 Å². The largest absolute Gasteiger partial charge is 0.495 e. The van der Waals surface area contributed by atoms with Gasteiger partial charge in [0.15, 0.2) is 0 Å². The first-order valence-corrected chi connectivity index (χ1v) is 17.5. The Kier molecular flexibility index (Phi) is 11.3. The molecule has 0 aliphatic carbocycles. The lowest BCUT2D eigenvalue weighted by atomic mass is 9.49. The van der Waals surface area contributed by atoms with Crippen LogP contribution >= 0.6 is 39.1 Å². The molecule has 0 saturated carbocycles. The normalized spacial score (nSPS) is 22.4. The Morgan fingerprint density at radius 1 is 0.571 bits per heavy atom. The van der Waals surface area contributed by atoms with Gasteiger partial charge in [0.25, 0.3) is 0 Å². The Hall–Kier alpha value is -1.61. The van der Waals surface area contributed by atoms with Crippen LogP contribution in [0.15, 0.2) is 41.1 Å². The quantitative estimate of drug-likeness (QED) is 0.154. The van der Waals surface area contributed by atoms with E-state index in [0.717, 1.165) is 32.0 Å². The summed E-state index contributed by atoms with van der Waals surface area (Å²) in [7, 11) is -1.38. The fourth-order valence-corrected chi connectivity index (χ4v) is 6.23. The maximum absolute atomic E-state index is 6.06. The Balaban J connectivity index is 0.000000169. The maximum Gasteiger partial charge on any atom is 0.495 e. The van der Waals surface area contributed by atoms with Gasteiger partial charge in [-0.25, -0.2) is 9.97 Å². The second-order valence-electron chi connectivity index (χ2n) is 15.3. The summed E-state index contributed by atoms with van der Waals surface area (Å²) in [4.78, 5) is 14.4. The zero-order chi connectivity index (χ0) is 35.7. The van der Waals surface area contributed by atoms with E-state index in [0.29, 0.717) is 10.3 Å². The van der Waals surface area contributed by atoms with Gasteiger partial charge in [-0.1, -0.05) is 30.6 Å². The van der Waals surface area contributed by atoms with E-state index in [1.165, 1.54) is 0 Å². The summed E-state index contributed by atoms with van der Waals surface area (Å²) in [6.45, 7) is 24.3. The molecule has 10 nitrogen and oxygen atoms in total. The van der Waals surface area contributed by atoms with Gasteiger partial charge in [-0.2, -0.15) is 0 Å². The van der Waals surface area contributed by atoms with E-state index in [1.54, 1.807) is 12.1 Å². The van der Waals surface area contributed by atoms with Crippen LogP contribution in [0, 0.1) is 0 Å². The fraction of sp³-hybridized carbons (Fsp3) is 0.576. The number of hydrogen-bond donors (Lipinski definition) is 2. The highest BCUT2D eigenvalue weighted by molar-refractivity contribution is 9.10. The van der Waals surface area contributed by atoms with Crippen molar-refractivity contribution in [3.8, 4) is 0 Å². The molecule has 3 fully saturated rings. The second kappa shape index (κ2) is 13.7. The number of halogens is 3. The molecule has 7 heterocycles. The Bertz CT molecular complexity index is 1720. The molecule has 3 aliphatic heterocycles. The standard InChI is InChI=1S/C13H16BClN2O2.C12H24B2O4.C7H4BrClN2.CH4/c1-12(2)13(3,4)19-14(18-12)9-7-10(15)17-11-8(9)5-6-16-11;1-9(2)10(3,4)16-13(15-9)14-17-11(5,6)12(7,8)18-14;8-5-3-6(9)11-7-4(5)1-2-10-7;/h5-7H,1-4H3,(H,16,17);1-8H3;1-3H,(H,10,11);1H4. The molecule has 49 heavy (non-hydrogen) atoms. The SMILES string of the molecule is C.CC1(C)OB(B2OC(C)(C)C(C)(C)O2)OC1(C)C.CC1(C)OB(c2cc(Cl)nc3[nH]ccc23)OC1(C)C.Clc1cc(Br)c2cc[nH]c2n1. The number of aromatic amines is 2. The van der Waals surface area contributed by atoms with Gasteiger partial charge < -0.3 is 37.9 Å². The third-order valence-corrected chi connectivity index (χ3v) is 11.3. The monoisotopic (exact) mass is 778 g/mol. The summed E-state index contributed by atoms with van der Waals surface area (Å²) in [6.07, 6.45) is 3.67. The first-order chi connectivity index (χ1) is 22.0. The average Bonchev–Trinajstić information content (AvgIpc) is 3.71. The minimum atomic E-state index is -0.476. The Morgan fingerprint density at radius 3 is 1.35 bits per heavy atom. The second-order valence-corrected chi connectivity index (χ2v) is 16.9. The maximum atomic E-state index is 6.06. The number of nitrogens with zero attached hydrogens (tertiary/aromatic N) is 2. The minimum Gasteiger partial charge on any atom is -0.405 e. The molecule has 4 aromatic heterocycles. The van der Waals surface area contributed by atoms with E-state index in [4.69, 9.17) is 51.1 Å². The topological polar surface area (TPSA) is 113 Å². The molecule has 0 atom stereocenters. The number of H-pyrrole nitrogens is 2. The summed E-state index contributed by atoms with van der Waals surface area (Å²) < 4.78 is 36.9. The summed E-state index contributed by atoms with van der Waals surface area (Å²) in [6, 6.07) is 7.49. The van der Waals surface area contributed by atoms with E-state index < -0.39 is 21.1 Å². The number of rotatable bonds is 2. The van der Waals surface area contributed by atoms with Crippen LogP contribution in [0.5, 0.6) is 0 Å². The predicted molar refractivity (Wildman–Crippen MR) is 205 cm³/mol. The number of nitrogens with one attached hydrogen (secondary N) is 2. The van der Waals surface area contributed by atoms with Gasteiger partial charge in [-0.3, -0.25) is 0 Å². The van der Waals surface area contributed by atoms with Crippen molar-refractivity contribution in [2.75, 3.05) is 0 Å². The van der Waals surface area contributed by atoms with Crippen LogP contribution in [0.3, 0.4) is 0 Å². The first kappa shape index (κ1) is 40.2. The van der Waals surface area contributed by atoms with Crippen molar-refractivity contribution < 1.29 is 27.9 Å². The van der Waals surface area contributed by atoms with Crippen molar-refractivity contribution in [1.82, 2.24) is 19.9 Å². The van der Waals surface area contributed by atoms with E-state index in [2.05, 4.69) is 35.9 Å². The number of hydrogen-bond acceptors (Lipinski definition) is 8. The molecule has 4 aromatic rings.